The Morgan fingerprint density at radius 2 is 1.96 bits per heavy atom. The monoisotopic (exact) mass is 500 g/mol. The zero-order valence-corrected chi connectivity index (χ0v) is 19.6. The van der Waals surface area contributed by atoms with Crippen LogP contribution >= 0.6 is 35.3 Å². The standard InChI is InChI=1S/C19H28N6S.HI/c1-19(2,3)15-14-26-17(23-15)13-22-18(20-4)25-11-9-24(10-12-25)16-7-5-6-8-21-16;/h5-8,14H,9-13H2,1-4H3,(H,20,22);1H. The minimum atomic E-state index is 0. The second kappa shape index (κ2) is 9.68. The summed E-state index contributed by atoms with van der Waals surface area (Å²) < 4.78 is 0. The molecule has 3 rings (SSSR count). The van der Waals surface area contributed by atoms with E-state index >= 15 is 0 Å². The van der Waals surface area contributed by atoms with Gasteiger partial charge in [0.15, 0.2) is 5.96 Å². The van der Waals surface area contributed by atoms with Crippen LogP contribution in [0.2, 0.25) is 0 Å². The number of thiazole rings is 1. The van der Waals surface area contributed by atoms with E-state index in [9.17, 15) is 0 Å². The minimum Gasteiger partial charge on any atom is -0.353 e. The summed E-state index contributed by atoms with van der Waals surface area (Å²) in [7, 11) is 1.84. The molecule has 0 aliphatic carbocycles. The van der Waals surface area contributed by atoms with Gasteiger partial charge in [-0.05, 0) is 12.1 Å². The van der Waals surface area contributed by atoms with Crippen molar-refractivity contribution in [3.8, 4) is 0 Å². The predicted octanol–water partition coefficient (Wildman–Crippen LogP) is 3.35. The number of hydrogen-bond acceptors (Lipinski definition) is 5. The number of pyridine rings is 1. The second-order valence-corrected chi connectivity index (χ2v) is 8.38. The Labute approximate surface area is 183 Å². The van der Waals surface area contributed by atoms with Gasteiger partial charge < -0.3 is 15.1 Å². The maximum absolute atomic E-state index is 4.75. The molecule has 0 amide bonds. The molecular formula is C19H29IN6S. The highest BCUT2D eigenvalue weighted by atomic mass is 127. The molecule has 148 valence electrons. The lowest BCUT2D eigenvalue weighted by Crippen LogP contribution is -2.52. The molecule has 3 heterocycles. The number of anilines is 1. The third-order valence-electron chi connectivity index (χ3n) is 4.48. The second-order valence-electron chi connectivity index (χ2n) is 7.44. The molecule has 0 atom stereocenters. The van der Waals surface area contributed by atoms with Gasteiger partial charge in [-0.1, -0.05) is 26.8 Å². The van der Waals surface area contributed by atoms with Crippen LogP contribution in [0, 0.1) is 0 Å². The number of rotatable bonds is 3. The number of piperazine rings is 1. The van der Waals surface area contributed by atoms with E-state index in [1.54, 1.807) is 11.3 Å². The van der Waals surface area contributed by atoms with Gasteiger partial charge >= 0.3 is 0 Å². The molecule has 0 radical (unpaired) electrons. The molecule has 1 saturated heterocycles. The third kappa shape index (κ3) is 5.78. The highest BCUT2D eigenvalue weighted by Crippen LogP contribution is 2.23. The van der Waals surface area contributed by atoms with Crippen molar-refractivity contribution in [2.75, 3.05) is 38.1 Å². The molecule has 1 aliphatic heterocycles. The Hall–Kier alpha value is -1.42. The predicted molar refractivity (Wildman–Crippen MR) is 124 cm³/mol. The number of nitrogens with zero attached hydrogens (tertiary/aromatic N) is 5. The molecule has 2 aromatic heterocycles. The Kier molecular flexibility index (Phi) is 7.84. The van der Waals surface area contributed by atoms with Crippen LogP contribution in [0.1, 0.15) is 31.5 Å². The average Bonchev–Trinajstić information content (AvgIpc) is 3.13. The van der Waals surface area contributed by atoms with Crippen molar-refractivity contribution in [2.45, 2.75) is 32.7 Å². The summed E-state index contributed by atoms with van der Waals surface area (Å²) >= 11 is 1.71. The van der Waals surface area contributed by atoms with E-state index in [4.69, 9.17) is 4.98 Å². The van der Waals surface area contributed by atoms with Crippen molar-refractivity contribution in [3.05, 3.63) is 40.5 Å². The van der Waals surface area contributed by atoms with Crippen LogP contribution in [0.5, 0.6) is 0 Å². The van der Waals surface area contributed by atoms with Gasteiger partial charge in [0.25, 0.3) is 0 Å². The topological polar surface area (TPSA) is 56.7 Å². The van der Waals surface area contributed by atoms with Gasteiger partial charge in [-0.25, -0.2) is 9.97 Å². The van der Waals surface area contributed by atoms with Crippen LogP contribution in [0.25, 0.3) is 0 Å². The molecule has 1 aliphatic rings. The van der Waals surface area contributed by atoms with E-state index in [1.807, 2.05) is 25.4 Å². The molecule has 0 unspecified atom stereocenters. The quantitative estimate of drug-likeness (QED) is 0.398. The van der Waals surface area contributed by atoms with Gasteiger partial charge in [0.05, 0.1) is 12.2 Å². The van der Waals surface area contributed by atoms with Crippen molar-refractivity contribution in [2.24, 2.45) is 4.99 Å². The fourth-order valence-corrected chi connectivity index (χ4v) is 3.87. The number of aliphatic imine (C=N–C) groups is 1. The highest BCUT2D eigenvalue weighted by molar-refractivity contribution is 14.0. The van der Waals surface area contributed by atoms with Crippen LogP contribution in [-0.4, -0.2) is 54.1 Å². The van der Waals surface area contributed by atoms with Crippen molar-refractivity contribution >= 4 is 47.1 Å². The van der Waals surface area contributed by atoms with Gasteiger partial charge in [0, 0.05) is 50.2 Å². The molecule has 0 aromatic carbocycles. The minimum absolute atomic E-state index is 0. The summed E-state index contributed by atoms with van der Waals surface area (Å²) in [5.74, 6) is 1.99. The largest absolute Gasteiger partial charge is 0.353 e. The molecule has 6 nitrogen and oxygen atoms in total. The molecule has 1 N–H and O–H groups in total. The Morgan fingerprint density at radius 3 is 2.52 bits per heavy atom. The van der Waals surface area contributed by atoms with Gasteiger partial charge in [0.2, 0.25) is 0 Å². The lowest BCUT2D eigenvalue weighted by atomic mass is 9.93. The molecular weight excluding hydrogens is 471 g/mol. The fourth-order valence-electron chi connectivity index (χ4n) is 2.91. The van der Waals surface area contributed by atoms with Gasteiger partial charge in [-0.15, -0.1) is 35.3 Å². The van der Waals surface area contributed by atoms with Gasteiger partial charge in [0.1, 0.15) is 10.8 Å². The number of aromatic nitrogens is 2. The summed E-state index contributed by atoms with van der Waals surface area (Å²) in [5.41, 5.74) is 1.25. The van der Waals surface area contributed by atoms with Gasteiger partial charge in [-0.3, -0.25) is 4.99 Å². The third-order valence-corrected chi connectivity index (χ3v) is 5.33. The van der Waals surface area contributed by atoms with E-state index in [1.165, 1.54) is 0 Å². The summed E-state index contributed by atoms with van der Waals surface area (Å²) in [6.45, 7) is 11.1. The van der Waals surface area contributed by atoms with Crippen LogP contribution in [0.3, 0.4) is 0 Å². The highest BCUT2D eigenvalue weighted by Gasteiger charge is 2.21. The van der Waals surface area contributed by atoms with Crippen LogP contribution in [-0.2, 0) is 12.0 Å². The summed E-state index contributed by atoms with van der Waals surface area (Å²) in [4.78, 5) is 18.3. The van der Waals surface area contributed by atoms with Crippen molar-refractivity contribution in [3.63, 3.8) is 0 Å². The molecule has 0 bridgehead atoms. The first-order chi connectivity index (χ1) is 12.5. The first kappa shape index (κ1) is 21.9. The van der Waals surface area contributed by atoms with Crippen molar-refractivity contribution < 1.29 is 0 Å². The van der Waals surface area contributed by atoms with Crippen molar-refractivity contribution in [1.82, 2.24) is 20.2 Å². The SMILES string of the molecule is CN=C(NCc1nc(C(C)(C)C)cs1)N1CCN(c2ccccn2)CC1.I. The first-order valence-electron chi connectivity index (χ1n) is 9.04. The number of halogens is 1. The first-order valence-corrected chi connectivity index (χ1v) is 9.92. The molecule has 1 fully saturated rings. The Bertz CT molecular complexity index is 732. The van der Waals surface area contributed by atoms with Crippen LogP contribution < -0.4 is 10.2 Å². The number of guanidine groups is 1. The van der Waals surface area contributed by atoms with Crippen LogP contribution in [0.15, 0.2) is 34.8 Å². The zero-order chi connectivity index (χ0) is 18.6. The molecule has 8 heteroatoms. The molecule has 2 aromatic rings. The summed E-state index contributed by atoms with van der Waals surface area (Å²) in [6.07, 6.45) is 1.85. The van der Waals surface area contributed by atoms with E-state index in [0.717, 1.165) is 48.7 Å². The normalized spacial score (nSPS) is 15.5. The van der Waals surface area contributed by atoms with Crippen LogP contribution in [0.4, 0.5) is 5.82 Å². The summed E-state index contributed by atoms with van der Waals surface area (Å²) in [5, 5.41) is 6.72. The van der Waals surface area contributed by atoms with E-state index < -0.39 is 0 Å². The Balaban J connectivity index is 0.00000261. The fraction of sp³-hybridized carbons (Fsp3) is 0.526. The summed E-state index contributed by atoms with van der Waals surface area (Å²) in [6, 6.07) is 6.06. The Morgan fingerprint density at radius 1 is 1.22 bits per heavy atom. The maximum Gasteiger partial charge on any atom is 0.194 e. The van der Waals surface area contributed by atoms with Crippen molar-refractivity contribution in [1.29, 1.82) is 0 Å². The number of hydrogen-bond donors (Lipinski definition) is 1. The maximum atomic E-state index is 4.75. The van der Waals surface area contributed by atoms with Gasteiger partial charge in [-0.2, -0.15) is 0 Å². The number of nitrogens with one attached hydrogen (secondary N) is 1. The van der Waals surface area contributed by atoms with E-state index in [2.05, 4.69) is 57.3 Å². The smallest absolute Gasteiger partial charge is 0.194 e. The molecule has 0 spiro atoms. The lowest BCUT2D eigenvalue weighted by Gasteiger charge is -2.37. The average molecular weight is 500 g/mol. The molecule has 27 heavy (non-hydrogen) atoms. The lowest BCUT2D eigenvalue weighted by molar-refractivity contribution is 0.371. The van der Waals surface area contributed by atoms with E-state index in [0.29, 0.717) is 6.54 Å². The molecule has 0 saturated carbocycles. The van der Waals surface area contributed by atoms with E-state index in [-0.39, 0.29) is 29.4 Å². The zero-order valence-electron chi connectivity index (χ0n) is 16.5.